The summed E-state index contributed by atoms with van der Waals surface area (Å²) in [6.07, 6.45) is -1.97. The maximum atomic E-state index is 13.3. The Hall–Kier alpha value is -2.06. The molecule has 4 rings (SSSR count). The Morgan fingerprint density at radius 1 is 1.33 bits per heavy atom. The molecule has 0 aromatic carbocycles. The first kappa shape index (κ1) is 18.3. The summed E-state index contributed by atoms with van der Waals surface area (Å²) in [5.74, 6) is -0.555. The molecule has 1 N–H and O–H groups in total. The summed E-state index contributed by atoms with van der Waals surface area (Å²) in [5.41, 5.74) is -0.879. The van der Waals surface area contributed by atoms with Crippen LogP contribution >= 0.6 is 0 Å². The highest BCUT2D eigenvalue weighted by Crippen LogP contribution is 2.55. The van der Waals surface area contributed by atoms with Crippen molar-refractivity contribution in [1.29, 1.82) is 0 Å². The molecule has 148 valence electrons. The van der Waals surface area contributed by atoms with E-state index in [0.29, 0.717) is 25.5 Å². The number of halogens is 3. The highest BCUT2D eigenvalue weighted by Gasteiger charge is 2.55. The van der Waals surface area contributed by atoms with Crippen molar-refractivity contribution in [3.63, 3.8) is 0 Å². The summed E-state index contributed by atoms with van der Waals surface area (Å²) >= 11 is 0. The Labute approximate surface area is 155 Å². The van der Waals surface area contributed by atoms with Crippen molar-refractivity contribution >= 4 is 17.7 Å². The van der Waals surface area contributed by atoms with Crippen LogP contribution in [0.25, 0.3) is 0 Å². The molecule has 1 saturated carbocycles. The van der Waals surface area contributed by atoms with Gasteiger partial charge in [0.05, 0.1) is 5.92 Å². The fraction of sp³-hybridized carbons (Fsp3) is 0.722. The van der Waals surface area contributed by atoms with Crippen LogP contribution in [-0.2, 0) is 11.0 Å². The van der Waals surface area contributed by atoms with Crippen molar-refractivity contribution in [1.82, 2.24) is 9.97 Å². The zero-order chi connectivity index (χ0) is 19.6. The second kappa shape index (κ2) is 5.97. The number of hydrogen-bond donors (Lipinski definition) is 1. The van der Waals surface area contributed by atoms with Gasteiger partial charge in [-0.15, -0.1) is 0 Å². The Bertz CT molecular complexity index is 755. The van der Waals surface area contributed by atoms with Gasteiger partial charge in [0, 0.05) is 37.2 Å². The highest BCUT2D eigenvalue weighted by molar-refractivity contribution is 5.70. The van der Waals surface area contributed by atoms with Gasteiger partial charge >= 0.3 is 12.1 Å². The molecule has 1 aromatic heterocycles. The second-order valence-electron chi connectivity index (χ2n) is 8.39. The van der Waals surface area contributed by atoms with Gasteiger partial charge in [-0.1, -0.05) is 6.92 Å². The molecule has 0 bridgehead atoms. The van der Waals surface area contributed by atoms with E-state index < -0.39 is 17.8 Å². The number of nitrogens with zero attached hydrogens (tertiary/aromatic N) is 4. The van der Waals surface area contributed by atoms with Gasteiger partial charge in [0.2, 0.25) is 5.95 Å². The molecule has 1 aliphatic carbocycles. The first-order valence-corrected chi connectivity index (χ1v) is 9.29. The molecular formula is C18H23F3N4O2. The van der Waals surface area contributed by atoms with Crippen LogP contribution in [0.2, 0.25) is 0 Å². The molecule has 2 unspecified atom stereocenters. The zero-order valence-electron chi connectivity index (χ0n) is 15.3. The molecule has 2 saturated heterocycles. The third-order valence-corrected chi connectivity index (χ3v) is 6.43. The summed E-state index contributed by atoms with van der Waals surface area (Å²) in [4.78, 5) is 22.9. The van der Waals surface area contributed by atoms with Crippen LogP contribution in [0.3, 0.4) is 0 Å². The summed E-state index contributed by atoms with van der Waals surface area (Å²) in [6, 6.07) is 1.17. The maximum Gasteiger partial charge on any atom is 0.433 e. The van der Waals surface area contributed by atoms with Crippen molar-refractivity contribution in [3.8, 4) is 0 Å². The molecule has 3 aliphatic rings. The fourth-order valence-corrected chi connectivity index (χ4v) is 4.46. The number of carboxylic acids is 1. The molecule has 0 amide bonds. The van der Waals surface area contributed by atoms with Crippen LogP contribution in [0.1, 0.15) is 38.8 Å². The van der Waals surface area contributed by atoms with E-state index in [0.717, 1.165) is 25.3 Å². The van der Waals surface area contributed by atoms with Crippen molar-refractivity contribution in [2.24, 2.45) is 17.3 Å². The third kappa shape index (κ3) is 3.10. The van der Waals surface area contributed by atoms with Gasteiger partial charge < -0.3 is 14.9 Å². The molecule has 2 aliphatic heterocycles. The lowest BCUT2D eigenvalue weighted by Gasteiger charge is -2.60. The Kier molecular flexibility index (Phi) is 4.05. The molecule has 0 radical (unpaired) electrons. The molecule has 3 fully saturated rings. The number of anilines is 2. The lowest BCUT2D eigenvalue weighted by Crippen LogP contribution is -2.63. The van der Waals surface area contributed by atoms with E-state index in [2.05, 4.69) is 9.97 Å². The van der Waals surface area contributed by atoms with Gasteiger partial charge in [-0.25, -0.2) is 4.98 Å². The Morgan fingerprint density at radius 2 is 2.00 bits per heavy atom. The lowest BCUT2D eigenvalue weighted by atomic mass is 9.55. The molecular weight excluding hydrogens is 361 g/mol. The van der Waals surface area contributed by atoms with E-state index in [-0.39, 0.29) is 29.2 Å². The largest absolute Gasteiger partial charge is 0.481 e. The number of aromatic nitrogens is 2. The Balaban J connectivity index is 1.49. The predicted molar refractivity (Wildman–Crippen MR) is 92.6 cm³/mol. The van der Waals surface area contributed by atoms with Gasteiger partial charge in [-0.2, -0.15) is 18.2 Å². The fourth-order valence-electron chi connectivity index (χ4n) is 4.46. The number of carbonyl (C=O) groups is 1. The summed E-state index contributed by atoms with van der Waals surface area (Å²) < 4.78 is 39.8. The van der Waals surface area contributed by atoms with E-state index in [1.165, 1.54) is 0 Å². The van der Waals surface area contributed by atoms with Crippen LogP contribution in [0, 0.1) is 17.3 Å². The van der Waals surface area contributed by atoms with E-state index in [9.17, 15) is 18.0 Å². The van der Waals surface area contributed by atoms with E-state index in [4.69, 9.17) is 5.11 Å². The smallest absolute Gasteiger partial charge is 0.433 e. The molecule has 2 atom stereocenters. The minimum Gasteiger partial charge on any atom is -0.481 e. The molecule has 1 aromatic rings. The number of aliphatic carboxylic acids is 1. The summed E-state index contributed by atoms with van der Waals surface area (Å²) in [7, 11) is 0. The maximum absolute atomic E-state index is 13.3. The highest BCUT2D eigenvalue weighted by atomic mass is 19.4. The van der Waals surface area contributed by atoms with Crippen molar-refractivity contribution < 1.29 is 23.1 Å². The SMILES string of the molecule is CC(C(=O)O)C1CC2(C1)CN(c1cc(C(F)(F)F)nc(N3CCC3C)n1)C2. The molecule has 27 heavy (non-hydrogen) atoms. The third-order valence-electron chi connectivity index (χ3n) is 6.43. The van der Waals surface area contributed by atoms with E-state index >= 15 is 0 Å². The van der Waals surface area contributed by atoms with Crippen LogP contribution < -0.4 is 9.80 Å². The average Bonchev–Trinajstić information content (AvgIpc) is 2.49. The first-order chi connectivity index (χ1) is 12.6. The molecule has 9 heteroatoms. The predicted octanol–water partition coefficient (Wildman–Crippen LogP) is 3.03. The second-order valence-corrected chi connectivity index (χ2v) is 8.39. The number of carboxylic acid groups (broad SMARTS) is 1. The first-order valence-electron chi connectivity index (χ1n) is 9.29. The number of alkyl halides is 3. The van der Waals surface area contributed by atoms with Crippen molar-refractivity contribution in [2.75, 3.05) is 29.4 Å². The minimum absolute atomic E-state index is 0.0297. The number of hydrogen-bond acceptors (Lipinski definition) is 5. The lowest BCUT2D eigenvalue weighted by molar-refractivity contribution is -0.147. The summed E-state index contributed by atoms with van der Waals surface area (Å²) in [5, 5.41) is 9.11. The average molecular weight is 384 g/mol. The van der Waals surface area contributed by atoms with E-state index in [1.807, 2.05) is 11.8 Å². The van der Waals surface area contributed by atoms with Gasteiger partial charge in [0.25, 0.3) is 0 Å². The normalized spacial score (nSPS) is 25.6. The molecule has 3 heterocycles. The molecule has 6 nitrogen and oxygen atoms in total. The quantitative estimate of drug-likeness (QED) is 0.861. The van der Waals surface area contributed by atoms with Gasteiger partial charge in [0.15, 0.2) is 5.69 Å². The van der Waals surface area contributed by atoms with Crippen molar-refractivity contribution in [2.45, 2.75) is 45.3 Å². The monoisotopic (exact) mass is 384 g/mol. The van der Waals surface area contributed by atoms with Gasteiger partial charge in [0.1, 0.15) is 5.82 Å². The van der Waals surface area contributed by atoms with E-state index in [1.54, 1.807) is 11.8 Å². The Morgan fingerprint density at radius 3 is 2.48 bits per heavy atom. The van der Waals surface area contributed by atoms with Crippen LogP contribution in [0.15, 0.2) is 6.07 Å². The zero-order valence-corrected chi connectivity index (χ0v) is 15.3. The van der Waals surface area contributed by atoms with Crippen LogP contribution in [-0.4, -0.2) is 46.7 Å². The van der Waals surface area contributed by atoms with Crippen molar-refractivity contribution in [3.05, 3.63) is 11.8 Å². The summed E-state index contributed by atoms with van der Waals surface area (Å²) in [6.45, 7) is 5.58. The minimum atomic E-state index is -4.51. The van der Waals surface area contributed by atoms with Gasteiger partial charge in [-0.3, -0.25) is 4.79 Å². The number of rotatable bonds is 4. The standard InChI is InChI=1S/C18H23F3N4O2/c1-10-3-4-25(10)16-22-13(18(19,20)21)5-14(23-16)24-8-17(9-24)6-12(7-17)11(2)15(26)27/h5,10-12H,3-4,6-9H2,1-2H3,(H,26,27). The molecule has 1 spiro atoms. The van der Waals surface area contributed by atoms with Crippen LogP contribution in [0.5, 0.6) is 0 Å². The van der Waals surface area contributed by atoms with Gasteiger partial charge in [-0.05, 0) is 32.1 Å². The van der Waals surface area contributed by atoms with Crippen LogP contribution in [0.4, 0.5) is 24.9 Å². The topological polar surface area (TPSA) is 69.6 Å².